The normalized spacial score (nSPS) is 16.2. The number of hydrogen-bond donors (Lipinski definition) is 1. The molecule has 1 aromatic carbocycles. The van der Waals surface area contributed by atoms with Crippen molar-refractivity contribution in [2.75, 3.05) is 50.6 Å². The Morgan fingerprint density at radius 1 is 1.23 bits per heavy atom. The zero-order chi connectivity index (χ0) is 18.5. The Morgan fingerprint density at radius 2 is 2.00 bits per heavy atom. The van der Waals surface area contributed by atoms with Gasteiger partial charge in [0, 0.05) is 43.8 Å². The van der Waals surface area contributed by atoms with E-state index in [1.807, 2.05) is 18.5 Å². The van der Waals surface area contributed by atoms with Gasteiger partial charge in [0.25, 0.3) is 0 Å². The van der Waals surface area contributed by atoms with Gasteiger partial charge in [0.2, 0.25) is 5.91 Å². The Morgan fingerprint density at radius 3 is 2.62 bits per heavy atom. The number of methoxy groups -OCH3 is 2. The lowest BCUT2D eigenvalue weighted by Crippen LogP contribution is -2.52. The number of hydrogen-bond acceptors (Lipinski definition) is 7. The van der Waals surface area contributed by atoms with Gasteiger partial charge in [-0.2, -0.15) is 0 Å². The van der Waals surface area contributed by atoms with E-state index in [1.54, 1.807) is 43.8 Å². The first-order chi connectivity index (χ1) is 12.6. The number of thiazole rings is 1. The lowest BCUT2D eigenvalue weighted by Gasteiger charge is -2.37. The van der Waals surface area contributed by atoms with E-state index in [4.69, 9.17) is 9.47 Å². The Labute approximate surface area is 157 Å². The maximum absolute atomic E-state index is 12.7. The third kappa shape index (κ3) is 4.08. The van der Waals surface area contributed by atoms with E-state index in [-0.39, 0.29) is 11.9 Å². The zero-order valence-electron chi connectivity index (χ0n) is 15.3. The van der Waals surface area contributed by atoms with E-state index in [0.29, 0.717) is 17.2 Å². The third-order valence-electron chi connectivity index (χ3n) is 4.60. The summed E-state index contributed by atoms with van der Waals surface area (Å²) in [6.45, 7) is 5.31. The number of rotatable bonds is 6. The molecule has 1 aromatic heterocycles. The summed E-state index contributed by atoms with van der Waals surface area (Å²) in [7, 11) is 3.18. The van der Waals surface area contributed by atoms with Crippen LogP contribution in [0.4, 0.5) is 10.8 Å². The lowest BCUT2D eigenvalue weighted by molar-refractivity contribution is -0.120. The quantitative estimate of drug-likeness (QED) is 0.835. The highest BCUT2D eigenvalue weighted by atomic mass is 32.1. The van der Waals surface area contributed by atoms with Crippen molar-refractivity contribution >= 4 is 28.1 Å². The van der Waals surface area contributed by atoms with Crippen molar-refractivity contribution in [1.29, 1.82) is 0 Å². The largest absolute Gasteiger partial charge is 0.497 e. The molecular formula is C18H24N4O3S. The van der Waals surface area contributed by atoms with Crippen molar-refractivity contribution in [1.82, 2.24) is 9.88 Å². The zero-order valence-corrected chi connectivity index (χ0v) is 16.1. The lowest BCUT2D eigenvalue weighted by atomic mass is 10.2. The minimum absolute atomic E-state index is 0.0562. The summed E-state index contributed by atoms with van der Waals surface area (Å²) in [5.41, 5.74) is 0.616. The molecule has 2 aromatic rings. The average Bonchev–Trinajstić information content (AvgIpc) is 3.22. The van der Waals surface area contributed by atoms with E-state index in [0.717, 1.165) is 31.3 Å². The van der Waals surface area contributed by atoms with Crippen LogP contribution < -0.4 is 19.7 Å². The number of anilines is 2. The van der Waals surface area contributed by atoms with Gasteiger partial charge in [-0.05, 0) is 19.1 Å². The molecule has 26 heavy (non-hydrogen) atoms. The summed E-state index contributed by atoms with van der Waals surface area (Å²) in [6.07, 6.45) is 1.82. The minimum Gasteiger partial charge on any atom is -0.497 e. The first-order valence-electron chi connectivity index (χ1n) is 8.53. The van der Waals surface area contributed by atoms with Crippen molar-refractivity contribution in [3.63, 3.8) is 0 Å². The molecule has 1 fully saturated rings. The maximum atomic E-state index is 12.7. The monoisotopic (exact) mass is 376 g/mol. The van der Waals surface area contributed by atoms with Crippen LogP contribution in [0.25, 0.3) is 0 Å². The van der Waals surface area contributed by atoms with Crippen LogP contribution >= 0.6 is 11.3 Å². The van der Waals surface area contributed by atoms with Crippen LogP contribution in [0.5, 0.6) is 11.5 Å². The van der Waals surface area contributed by atoms with E-state index >= 15 is 0 Å². The Bertz CT molecular complexity index is 730. The summed E-state index contributed by atoms with van der Waals surface area (Å²) >= 11 is 1.65. The Hall–Kier alpha value is -2.32. The fraction of sp³-hybridized carbons (Fsp3) is 0.444. The summed E-state index contributed by atoms with van der Waals surface area (Å²) in [4.78, 5) is 21.5. The Balaban J connectivity index is 1.60. The predicted octanol–water partition coefficient (Wildman–Crippen LogP) is 2.31. The van der Waals surface area contributed by atoms with Gasteiger partial charge in [-0.25, -0.2) is 4.98 Å². The van der Waals surface area contributed by atoms with Crippen molar-refractivity contribution < 1.29 is 14.3 Å². The second-order valence-electron chi connectivity index (χ2n) is 6.07. The minimum atomic E-state index is -0.232. The molecule has 2 heterocycles. The summed E-state index contributed by atoms with van der Waals surface area (Å²) in [6, 6.07) is 5.12. The molecule has 0 saturated carbocycles. The summed E-state index contributed by atoms with van der Waals surface area (Å²) < 4.78 is 10.6. The van der Waals surface area contributed by atoms with E-state index in [1.165, 1.54) is 0 Å². The number of carbonyl (C=O) groups is 1. The topological polar surface area (TPSA) is 66.9 Å². The van der Waals surface area contributed by atoms with Gasteiger partial charge in [-0.15, -0.1) is 11.3 Å². The van der Waals surface area contributed by atoms with Crippen molar-refractivity contribution in [2.24, 2.45) is 0 Å². The highest BCUT2D eigenvalue weighted by molar-refractivity contribution is 7.13. The molecule has 3 rings (SSSR count). The van der Waals surface area contributed by atoms with Gasteiger partial charge in [-0.3, -0.25) is 9.69 Å². The number of piperazine rings is 1. The predicted molar refractivity (Wildman–Crippen MR) is 104 cm³/mol. The third-order valence-corrected chi connectivity index (χ3v) is 5.43. The maximum Gasteiger partial charge on any atom is 0.241 e. The van der Waals surface area contributed by atoms with Crippen molar-refractivity contribution in [3.05, 3.63) is 29.8 Å². The van der Waals surface area contributed by atoms with Gasteiger partial charge in [0.1, 0.15) is 11.5 Å². The molecule has 7 nitrogen and oxygen atoms in total. The second-order valence-corrected chi connectivity index (χ2v) is 6.94. The smallest absolute Gasteiger partial charge is 0.241 e. The second kappa shape index (κ2) is 8.37. The van der Waals surface area contributed by atoms with Gasteiger partial charge < -0.3 is 19.7 Å². The van der Waals surface area contributed by atoms with Crippen LogP contribution in [-0.4, -0.2) is 62.2 Å². The van der Waals surface area contributed by atoms with Gasteiger partial charge in [0.15, 0.2) is 5.13 Å². The molecule has 1 aliphatic rings. The van der Waals surface area contributed by atoms with Gasteiger partial charge >= 0.3 is 0 Å². The molecule has 8 heteroatoms. The van der Waals surface area contributed by atoms with Crippen LogP contribution in [0.2, 0.25) is 0 Å². The molecule has 1 aliphatic heterocycles. The molecule has 1 saturated heterocycles. The fourth-order valence-electron chi connectivity index (χ4n) is 2.99. The Kier molecular flexibility index (Phi) is 5.95. The molecule has 0 bridgehead atoms. The molecule has 0 radical (unpaired) electrons. The average molecular weight is 376 g/mol. The van der Waals surface area contributed by atoms with E-state index < -0.39 is 0 Å². The molecule has 0 spiro atoms. The van der Waals surface area contributed by atoms with Crippen molar-refractivity contribution in [2.45, 2.75) is 13.0 Å². The van der Waals surface area contributed by atoms with Crippen LogP contribution in [-0.2, 0) is 4.79 Å². The SMILES string of the molecule is COc1ccc(OC)c(NC(=O)C(C)N2CCN(c3nccs3)CC2)c1. The molecule has 140 valence electrons. The van der Waals surface area contributed by atoms with Gasteiger partial charge in [-0.1, -0.05) is 0 Å². The van der Waals surface area contributed by atoms with E-state index in [9.17, 15) is 4.79 Å². The number of ether oxygens (including phenoxy) is 2. The van der Waals surface area contributed by atoms with Crippen LogP contribution in [0.15, 0.2) is 29.8 Å². The number of aromatic nitrogens is 1. The molecule has 0 aliphatic carbocycles. The van der Waals surface area contributed by atoms with Crippen LogP contribution in [0.1, 0.15) is 6.92 Å². The molecule has 1 N–H and O–H groups in total. The standard InChI is InChI=1S/C18H24N4O3S/c1-13(21-7-9-22(10-8-21)18-19-6-11-26-18)17(23)20-15-12-14(24-2)4-5-16(15)25-3/h4-6,11-13H,7-10H2,1-3H3,(H,20,23). The number of amides is 1. The van der Waals surface area contributed by atoms with Crippen molar-refractivity contribution in [3.8, 4) is 11.5 Å². The fourth-order valence-corrected chi connectivity index (χ4v) is 3.68. The van der Waals surface area contributed by atoms with E-state index in [2.05, 4.69) is 20.1 Å². The highest BCUT2D eigenvalue weighted by Gasteiger charge is 2.27. The number of carbonyl (C=O) groups excluding carboxylic acids is 1. The first-order valence-corrected chi connectivity index (χ1v) is 9.41. The highest BCUT2D eigenvalue weighted by Crippen LogP contribution is 2.29. The van der Waals surface area contributed by atoms with Crippen LogP contribution in [0, 0.1) is 0 Å². The summed E-state index contributed by atoms with van der Waals surface area (Å²) in [5, 5.41) is 5.99. The number of benzene rings is 1. The molecule has 1 amide bonds. The first kappa shape index (κ1) is 18.5. The van der Waals surface area contributed by atoms with Crippen LogP contribution in [0.3, 0.4) is 0 Å². The van der Waals surface area contributed by atoms with Gasteiger partial charge in [0.05, 0.1) is 25.9 Å². The molecule has 1 unspecified atom stereocenters. The summed E-state index contributed by atoms with van der Waals surface area (Å²) in [5.74, 6) is 1.23. The number of nitrogens with one attached hydrogen (secondary N) is 1. The molecule has 1 atom stereocenters. The molecular weight excluding hydrogens is 352 g/mol. The number of nitrogens with zero attached hydrogens (tertiary/aromatic N) is 3.